The maximum absolute atomic E-state index is 12.7. The molecular weight excluding hydrogens is 348 g/mol. The van der Waals surface area contributed by atoms with Gasteiger partial charge in [0.05, 0.1) is 18.1 Å². The van der Waals surface area contributed by atoms with Crippen LogP contribution in [-0.4, -0.2) is 51.7 Å². The first-order valence-corrected chi connectivity index (χ1v) is 11.3. The minimum absolute atomic E-state index is 0.237. The van der Waals surface area contributed by atoms with E-state index in [-0.39, 0.29) is 5.54 Å². The molecule has 0 bridgehead atoms. The average Bonchev–Trinajstić information content (AvgIpc) is 2.68. The van der Waals surface area contributed by atoms with Crippen LogP contribution < -0.4 is 4.72 Å². The Bertz CT molecular complexity index is 674. The Morgan fingerprint density at radius 3 is 2.31 bits per heavy atom. The van der Waals surface area contributed by atoms with Crippen LogP contribution in [0.15, 0.2) is 29.2 Å². The molecule has 0 unspecified atom stereocenters. The van der Waals surface area contributed by atoms with Crippen molar-refractivity contribution in [1.82, 2.24) is 9.62 Å². The van der Waals surface area contributed by atoms with Gasteiger partial charge in [-0.3, -0.25) is 4.90 Å². The van der Waals surface area contributed by atoms with E-state index >= 15 is 0 Å². The fraction of sp³-hybridized carbons (Fsp3) is 0.700. The number of hydrogen-bond donors (Lipinski definition) is 1. The van der Waals surface area contributed by atoms with E-state index in [9.17, 15) is 8.42 Å². The highest BCUT2D eigenvalue weighted by Gasteiger charge is 2.30. The predicted octanol–water partition coefficient (Wildman–Crippen LogP) is 3.12. The van der Waals surface area contributed by atoms with E-state index in [1.165, 1.54) is 37.7 Å². The molecule has 6 heteroatoms. The van der Waals surface area contributed by atoms with E-state index < -0.39 is 10.0 Å². The summed E-state index contributed by atoms with van der Waals surface area (Å²) in [5, 5.41) is 0. The maximum atomic E-state index is 12.7. The molecule has 1 N–H and O–H groups in total. The number of rotatable bonds is 6. The van der Waals surface area contributed by atoms with Gasteiger partial charge in [0.2, 0.25) is 10.0 Å². The first-order valence-electron chi connectivity index (χ1n) is 9.81. The summed E-state index contributed by atoms with van der Waals surface area (Å²) in [6, 6.07) is 7.51. The van der Waals surface area contributed by atoms with Gasteiger partial charge < -0.3 is 4.74 Å². The Balaban J connectivity index is 1.62. The zero-order valence-corrected chi connectivity index (χ0v) is 16.9. The molecule has 2 aliphatic rings. The molecule has 0 radical (unpaired) electrons. The van der Waals surface area contributed by atoms with Crippen molar-refractivity contribution in [2.24, 2.45) is 0 Å². The van der Waals surface area contributed by atoms with Crippen molar-refractivity contribution in [2.75, 3.05) is 32.8 Å². The number of benzene rings is 1. The molecule has 5 nitrogen and oxygen atoms in total. The van der Waals surface area contributed by atoms with Crippen LogP contribution in [0.2, 0.25) is 0 Å². The van der Waals surface area contributed by atoms with Crippen molar-refractivity contribution < 1.29 is 13.2 Å². The van der Waals surface area contributed by atoms with E-state index in [0.29, 0.717) is 30.6 Å². The third kappa shape index (κ3) is 4.85. The van der Waals surface area contributed by atoms with Crippen molar-refractivity contribution in [1.29, 1.82) is 0 Å². The van der Waals surface area contributed by atoms with Crippen molar-refractivity contribution in [3.8, 4) is 0 Å². The Hall–Kier alpha value is -0.950. The lowest BCUT2D eigenvalue weighted by Crippen LogP contribution is -2.55. The molecule has 2 fully saturated rings. The molecular formula is C20H32N2O3S. The smallest absolute Gasteiger partial charge is 0.240 e. The minimum Gasteiger partial charge on any atom is -0.379 e. The van der Waals surface area contributed by atoms with Crippen LogP contribution >= 0.6 is 0 Å². The third-order valence-electron chi connectivity index (χ3n) is 5.83. The number of nitrogens with one attached hydrogen (secondary N) is 1. The van der Waals surface area contributed by atoms with Crippen LogP contribution in [0.1, 0.15) is 57.4 Å². The van der Waals surface area contributed by atoms with Gasteiger partial charge >= 0.3 is 0 Å². The standard InChI is InChI=1S/C20H32N2O3S/c1-20(2,22-12-14-25-15-13-22)16-21-26(23,24)19-10-8-18(9-11-19)17-6-4-3-5-7-17/h8-11,17,21H,3-7,12-16H2,1-2H3. The molecule has 1 saturated carbocycles. The molecule has 0 aromatic heterocycles. The van der Waals surface area contributed by atoms with Gasteiger partial charge in [0.25, 0.3) is 0 Å². The van der Waals surface area contributed by atoms with Crippen LogP contribution in [0.4, 0.5) is 0 Å². The predicted molar refractivity (Wildman–Crippen MR) is 104 cm³/mol. The average molecular weight is 381 g/mol. The van der Waals surface area contributed by atoms with Gasteiger partial charge in [-0.25, -0.2) is 13.1 Å². The maximum Gasteiger partial charge on any atom is 0.240 e. The largest absolute Gasteiger partial charge is 0.379 e. The molecule has 0 amide bonds. The van der Waals surface area contributed by atoms with Crippen LogP contribution in [0.25, 0.3) is 0 Å². The van der Waals surface area contributed by atoms with Gasteiger partial charge in [0, 0.05) is 25.2 Å². The molecule has 1 aliphatic heterocycles. The fourth-order valence-electron chi connectivity index (χ4n) is 3.99. The van der Waals surface area contributed by atoms with Crippen molar-refractivity contribution >= 4 is 10.0 Å². The van der Waals surface area contributed by atoms with Crippen molar-refractivity contribution in [2.45, 2.75) is 62.3 Å². The number of morpholine rings is 1. The van der Waals surface area contributed by atoms with E-state index in [2.05, 4.69) is 23.5 Å². The summed E-state index contributed by atoms with van der Waals surface area (Å²) in [6.07, 6.45) is 6.33. The van der Waals surface area contributed by atoms with Gasteiger partial charge in [-0.15, -0.1) is 0 Å². The first-order chi connectivity index (χ1) is 12.4. The lowest BCUT2D eigenvalue weighted by atomic mass is 9.84. The Kier molecular flexibility index (Phi) is 6.38. The van der Waals surface area contributed by atoms with Crippen LogP contribution in [-0.2, 0) is 14.8 Å². The number of nitrogens with zero attached hydrogens (tertiary/aromatic N) is 1. The van der Waals surface area contributed by atoms with Gasteiger partial charge in [-0.1, -0.05) is 31.4 Å². The molecule has 26 heavy (non-hydrogen) atoms. The van der Waals surface area contributed by atoms with Crippen LogP contribution in [0.5, 0.6) is 0 Å². The zero-order valence-electron chi connectivity index (χ0n) is 16.0. The lowest BCUT2D eigenvalue weighted by molar-refractivity contribution is -0.00803. The Labute approximate surface area is 158 Å². The quantitative estimate of drug-likeness (QED) is 0.824. The molecule has 0 atom stereocenters. The summed E-state index contributed by atoms with van der Waals surface area (Å²) >= 11 is 0. The summed E-state index contributed by atoms with van der Waals surface area (Å²) in [4.78, 5) is 2.64. The van der Waals surface area contributed by atoms with Crippen molar-refractivity contribution in [3.63, 3.8) is 0 Å². The van der Waals surface area contributed by atoms with Gasteiger partial charge in [0.1, 0.15) is 0 Å². The van der Waals surface area contributed by atoms with Crippen LogP contribution in [0.3, 0.4) is 0 Å². The molecule has 1 saturated heterocycles. The molecule has 1 aromatic carbocycles. The highest BCUT2D eigenvalue weighted by atomic mass is 32.2. The number of hydrogen-bond acceptors (Lipinski definition) is 4. The Morgan fingerprint density at radius 2 is 1.69 bits per heavy atom. The summed E-state index contributed by atoms with van der Waals surface area (Å²) in [7, 11) is -3.49. The number of sulfonamides is 1. The van der Waals surface area contributed by atoms with Crippen molar-refractivity contribution in [3.05, 3.63) is 29.8 Å². The van der Waals surface area contributed by atoms with Crippen LogP contribution in [0, 0.1) is 0 Å². The highest BCUT2D eigenvalue weighted by molar-refractivity contribution is 7.89. The third-order valence-corrected chi connectivity index (χ3v) is 7.25. The molecule has 1 aliphatic carbocycles. The van der Waals surface area contributed by atoms with Gasteiger partial charge in [-0.2, -0.15) is 0 Å². The monoisotopic (exact) mass is 380 g/mol. The summed E-state index contributed by atoms with van der Waals surface area (Å²) in [5.41, 5.74) is 1.04. The minimum atomic E-state index is -3.49. The Morgan fingerprint density at radius 1 is 1.08 bits per heavy atom. The molecule has 146 valence electrons. The van der Waals surface area contributed by atoms with E-state index in [1.54, 1.807) is 12.1 Å². The van der Waals surface area contributed by atoms with Gasteiger partial charge in [-0.05, 0) is 50.3 Å². The van der Waals surface area contributed by atoms with Gasteiger partial charge in [0.15, 0.2) is 0 Å². The summed E-state index contributed by atoms with van der Waals surface area (Å²) < 4.78 is 33.6. The second-order valence-corrected chi connectivity index (χ2v) is 9.91. The van der Waals surface area contributed by atoms with E-state index in [1.807, 2.05) is 12.1 Å². The normalized spacial score (nSPS) is 21.0. The molecule has 1 heterocycles. The van der Waals surface area contributed by atoms with E-state index in [4.69, 9.17) is 4.74 Å². The zero-order chi connectivity index (χ0) is 18.6. The lowest BCUT2D eigenvalue weighted by Gasteiger charge is -2.40. The number of ether oxygens (including phenoxy) is 1. The molecule has 3 rings (SSSR count). The molecule has 0 spiro atoms. The topological polar surface area (TPSA) is 58.6 Å². The second kappa shape index (κ2) is 8.38. The molecule has 1 aromatic rings. The second-order valence-electron chi connectivity index (χ2n) is 8.14. The first kappa shape index (κ1) is 19.8. The summed E-state index contributed by atoms with van der Waals surface area (Å²) in [5.74, 6) is 0.591. The van der Waals surface area contributed by atoms with E-state index in [0.717, 1.165) is 13.1 Å². The summed E-state index contributed by atoms with van der Waals surface area (Å²) in [6.45, 7) is 7.63. The SMILES string of the molecule is CC(C)(CNS(=O)(=O)c1ccc(C2CCCCC2)cc1)N1CCOCC1. The fourth-order valence-corrected chi connectivity index (χ4v) is 5.19. The highest BCUT2D eigenvalue weighted by Crippen LogP contribution is 2.32.